The second kappa shape index (κ2) is 6.45. The third-order valence-electron chi connectivity index (χ3n) is 2.48. The molecule has 2 rings (SSSR count). The van der Waals surface area contributed by atoms with Gasteiger partial charge in [-0.2, -0.15) is 0 Å². The third-order valence-corrected chi connectivity index (χ3v) is 4.32. The maximum Gasteiger partial charge on any atom is 0.183 e. The Morgan fingerprint density at radius 1 is 1.37 bits per heavy atom. The Morgan fingerprint density at radius 3 is 2.84 bits per heavy atom. The molecule has 2 heterocycles. The van der Waals surface area contributed by atoms with E-state index in [1.165, 1.54) is 0 Å². The first-order chi connectivity index (χ1) is 9.10. The van der Waals surface area contributed by atoms with E-state index in [1.54, 1.807) is 29.8 Å². The molecule has 0 radical (unpaired) electrons. The monoisotopic (exact) mass is 297 g/mol. The normalized spacial score (nSPS) is 11.2. The van der Waals surface area contributed by atoms with Crippen LogP contribution in [0.5, 0.6) is 0 Å². The molecule has 6 heteroatoms. The van der Waals surface area contributed by atoms with E-state index in [0.29, 0.717) is 12.5 Å². The summed E-state index contributed by atoms with van der Waals surface area (Å²) in [6, 6.07) is 0. The lowest BCUT2D eigenvalue weighted by Crippen LogP contribution is -2.07. The van der Waals surface area contributed by atoms with Gasteiger partial charge in [0.25, 0.3) is 0 Å². The van der Waals surface area contributed by atoms with Crippen LogP contribution in [0.15, 0.2) is 5.38 Å². The molecule has 0 atom stereocenters. The first-order valence-electron chi connectivity index (χ1n) is 6.25. The molecule has 1 N–H and O–H groups in total. The number of anilines is 1. The average Bonchev–Trinajstić information content (AvgIpc) is 2.94. The SMILES string of the molecule is COCc1nc(C)sc1-c1csc(NCC(C)C)n1. The van der Waals surface area contributed by atoms with Crippen molar-refractivity contribution in [1.82, 2.24) is 9.97 Å². The van der Waals surface area contributed by atoms with Gasteiger partial charge in [0.1, 0.15) is 0 Å². The van der Waals surface area contributed by atoms with Crippen molar-refractivity contribution in [2.24, 2.45) is 5.92 Å². The van der Waals surface area contributed by atoms with Crippen LogP contribution < -0.4 is 5.32 Å². The number of hydrogen-bond donors (Lipinski definition) is 1. The third kappa shape index (κ3) is 3.75. The van der Waals surface area contributed by atoms with Gasteiger partial charge in [-0.25, -0.2) is 9.97 Å². The molecule has 0 aliphatic rings. The van der Waals surface area contributed by atoms with Crippen molar-refractivity contribution >= 4 is 27.8 Å². The highest BCUT2D eigenvalue weighted by molar-refractivity contribution is 7.16. The zero-order chi connectivity index (χ0) is 13.8. The number of aromatic nitrogens is 2. The summed E-state index contributed by atoms with van der Waals surface area (Å²) < 4.78 is 5.19. The number of thiazole rings is 2. The smallest absolute Gasteiger partial charge is 0.183 e. The number of rotatable bonds is 6. The second-order valence-corrected chi connectivity index (χ2v) is 6.82. The van der Waals surface area contributed by atoms with Gasteiger partial charge in [0.15, 0.2) is 5.13 Å². The lowest BCUT2D eigenvalue weighted by molar-refractivity contribution is 0.182. The number of ether oxygens (including phenoxy) is 1. The van der Waals surface area contributed by atoms with Crippen molar-refractivity contribution in [1.29, 1.82) is 0 Å². The van der Waals surface area contributed by atoms with E-state index in [9.17, 15) is 0 Å². The Kier molecular flexibility index (Phi) is 4.90. The van der Waals surface area contributed by atoms with Crippen LogP contribution in [-0.2, 0) is 11.3 Å². The molecule has 0 aliphatic heterocycles. The van der Waals surface area contributed by atoms with E-state index >= 15 is 0 Å². The molecular formula is C13H19N3OS2. The van der Waals surface area contributed by atoms with Crippen LogP contribution >= 0.6 is 22.7 Å². The summed E-state index contributed by atoms with van der Waals surface area (Å²) >= 11 is 3.31. The summed E-state index contributed by atoms with van der Waals surface area (Å²) in [5, 5.41) is 7.45. The van der Waals surface area contributed by atoms with Crippen molar-refractivity contribution in [3.63, 3.8) is 0 Å². The fraction of sp³-hybridized carbons (Fsp3) is 0.538. The quantitative estimate of drug-likeness (QED) is 0.881. The van der Waals surface area contributed by atoms with Gasteiger partial charge in [-0.15, -0.1) is 22.7 Å². The molecule has 0 bridgehead atoms. The van der Waals surface area contributed by atoms with E-state index in [0.717, 1.165) is 32.9 Å². The van der Waals surface area contributed by atoms with E-state index in [2.05, 4.69) is 34.5 Å². The van der Waals surface area contributed by atoms with Crippen LogP contribution in [0.25, 0.3) is 10.6 Å². The standard InChI is InChI=1S/C13H19N3OS2/c1-8(2)5-14-13-16-11(7-18-13)12-10(6-17-4)15-9(3)19-12/h7-8H,5-6H2,1-4H3,(H,14,16). The first-order valence-corrected chi connectivity index (χ1v) is 7.94. The van der Waals surface area contributed by atoms with Gasteiger partial charge in [-0.05, 0) is 12.8 Å². The maximum absolute atomic E-state index is 5.19. The van der Waals surface area contributed by atoms with E-state index in [1.807, 2.05) is 6.92 Å². The average molecular weight is 297 g/mol. The fourth-order valence-electron chi connectivity index (χ4n) is 1.66. The summed E-state index contributed by atoms with van der Waals surface area (Å²) in [7, 11) is 1.69. The molecule has 0 unspecified atom stereocenters. The Labute approximate surface area is 121 Å². The second-order valence-electron chi connectivity index (χ2n) is 4.75. The van der Waals surface area contributed by atoms with Gasteiger partial charge in [0.05, 0.1) is 27.9 Å². The molecule has 4 nitrogen and oxygen atoms in total. The predicted molar refractivity (Wildman–Crippen MR) is 82.0 cm³/mol. The molecule has 2 aromatic heterocycles. The molecule has 2 aromatic rings. The molecule has 0 saturated carbocycles. The lowest BCUT2D eigenvalue weighted by atomic mass is 10.2. The predicted octanol–water partition coefficient (Wildman–Crippen LogP) is 3.79. The van der Waals surface area contributed by atoms with Gasteiger partial charge in [0.2, 0.25) is 0 Å². The molecule has 0 saturated heterocycles. The fourth-order valence-corrected chi connectivity index (χ4v) is 3.32. The minimum absolute atomic E-state index is 0.534. The largest absolute Gasteiger partial charge is 0.378 e. The van der Waals surface area contributed by atoms with Gasteiger partial charge in [-0.1, -0.05) is 13.8 Å². The van der Waals surface area contributed by atoms with Crippen LogP contribution in [0.2, 0.25) is 0 Å². The van der Waals surface area contributed by atoms with Crippen molar-refractivity contribution in [3.05, 3.63) is 16.1 Å². The summed E-state index contributed by atoms with van der Waals surface area (Å²) in [6.45, 7) is 7.86. The lowest BCUT2D eigenvalue weighted by Gasteiger charge is -2.04. The maximum atomic E-state index is 5.19. The number of methoxy groups -OCH3 is 1. The first kappa shape index (κ1) is 14.4. The molecule has 0 aromatic carbocycles. The topological polar surface area (TPSA) is 47.0 Å². The van der Waals surface area contributed by atoms with Crippen LogP contribution in [-0.4, -0.2) is 23.6 Å². The molecule has 0 aliphatic carbocycles. The number of nitrogens with one attached hydrogen (secondary N) is 1. The Balaban J connectivity index is 2.17. The van der Waals surface area contributed by atoms with Crippen molar-refractivity contribution in [2.75, 3.05) is 19.0 Å². The van der Waals surface area contributed by atoms with Crippen LogP contribution in [0.3, 0.4) is 0 Å². The zero-order valence-corrected chi connectivity index (χ0v) is 13.3. The van der Waals surface area contributed by atoms with Crippen molar-refractivity contribution in [3.8, 4) is 10.6 Å². The van der Waals surface area contributed by atoms with Gasteiger partial charge < -0.3 is 10.1 Å². The molecule has 0 fully saturated rings. The van der Waals surface area contributed by atoms with Crippen LogP contribution in [0, 0.1) is 12.8 Å². The zero-order valence-electron chi connectivity index (χ0n) is 11.7. The summed E-state index contributed by atoms with van der Waals surface area (Å²) in [4.78, 5) is 10.2. The van der Waals surface area contributed by atoms with Crippen molar-refractivity contribution in [2.45, 2.75) is 27.4 Å². The number of nitrogens with zero attached hydrogens (tertiary/aromatic N) is 2. The minimum atomic E-state index is 0.534. The van der Waals surface area contributed by atoms with E-state index in [-0.39, 0.29) is 0 Å². The van der Waals surface area contributed by atoms with Gasteiger partial charge >= 0.3 is 0 Å². The summed E-state index contributed by atoms with van der Waals surface area (Å²) in [5.41, 5.74) is 1.97. The van der Waals surface area contributed by atoms with Crippen LogP contribution in [0.1, 0.15) is 24.5 Å². The van der Waals surface area contributed by atoms with E-state index in [4.69, 9.17) is 4.74 Å². The highest BCUT2D eigenvalue weighted by atomic mass is 32.1. The Bertz CT molecular complexity index is 534. The molecule has 104 valence electrons. The Morgan fingerprint density at radius 2 is 2.16 bits per heavy atom. The molecule has 0 amide bonds. The number of hydrogen-bond acceptors (Lipinski definition) is 6. The van der Waals surface area contributed by atoms with Crippen molar-refractivity contribution < 1.29 is 4.74 Å². The molecule has 0 spiro atoms. The van der Waals surface area contributed by atoms with Gasteiger partial charge in [-0.3, -0.25) is 0 Å². The highest BCUT2D eigenvalue weighted by Crippen LogP contribution is 2.32. The minimum Gasteiger partial charge on any atom is -0.378 e. The molecule has 19 heavy (non-hydrogen) atoms. The van der Waals surface area contributed by atoms with Gasteiger partial charge in [0, 0.05) is 19.0 Å². The summed E-state index contributed by atoms with van der Waals surface area (Å²) in [5.74, 6) is 0.613. The summed E-state index contributed by atoms with van der Waals surface area (Å²) in [6.07, 6.45) is 0. The highest BCUT2D eigenvalue weighted by Gasteiger charge is 2.14. The molecular weight excluding hydrogens is 278 g/mol. The number of aryl methyl sites for hydroxylation is 1. The Hall–Kier alpha value is -0.980. The van der Waals surface area contributed by atoms with Crippen LogP contribution in [0.4, 0.5) is 5.13 Å². The van der Waals surface area contributed by atoms with E-state index < -0.39 is 0 Å².